The summed E-state index contributed by atoms with van der Waals surface area (Å²) in [5.41, 5.74) is -1.89. The van der Waals surface area contributed by atoms with Crippen molar-refractivity contribution in [3.05, 3.63) is 81.8 Å². The van der Waals surface area contributed by atoms with Crippen molar-refractivity contribution < 1.29 is 45.8 Å². The van der Waals surface area contributed by atoms with E-state index in [0.717, 1.165) is 12.1 Å². The zero-order valence-electron chi connectivity index (χ0n) is 19.1. The molecule has 0 spiro atoms. The first-order valence-corrected chi connectivity index (χ1v) is 10.7. The van der Waals surface area contributed by atoms with E-state index in [1.165, 1.54) is 49.4 Å². The van der Waals surface area contributed by atoms with E-state index in [2.05, 4.69) is 9.84 Å². The Morgan fingerprint density at radius 3 is 2.35 bits per heavy atom. The van der Waals surface area contributed by atoms with Crippen LogP contribution in [0.4, 0.5) is 22.0 Å². The normalized spacial score (nSPS) is 11.3. The second kappa shape index (κ2) is 11.6. The number of hydrogen-bond acceptors (Lipinski definition) is 7. The van der Waals surface area contributed by atoms with E-state index in [9.17, 15) is 36.3 Å². The summed E-state index contributed by atoms with van der Waals surface area (Å²) in [7, 11) is 0. The first-order valence-electron chi connectivity index (χ1n) is 10.7. The lowest BCUT2D eigenvalue weighted by Gasteiger charge is -2.15. The summed E-state index contributed by atoms with van der Waals surface area (Å²) in [6.45, 7) is -3.23. The minimum absolute atomic E-state index is 0.0543. The number of carbonyl (C=O) groups excluding carboxylic acids is 2. The van der Waals surface area contributed by atoms with Crippen LogP contribution in [-0.4, -0.2) is 47.5 Å². The Hall–Kier alpha value is -4.29. The van der Waals surface area contributed by atoms with Gasteiger partial charge in [0.15, 0.2) is 18.1 Å². The molecule has 1 aromatic heterocycles. The summed E-state index contributed by atoms with van der Waals surface area (Å²) in [5, 5.41) is 3.88. The van der Waals surface area contributed by atoms with Gasteiger partial charge in [-0.2, -0.15) is 31.7 Å². The number of alkyl halides is 5. The van der Waals surface area contributed by atoms with Crippen molar-refractivity contribution in [3.8, 4) is 17.2 Å². The maximum absolute atomic E-state index is 13.2. The SMILES string of the molecule is CCOC(=O)c1cc(C(=O)Cc2ccc(OC(F)F)cc2)c(=O)n(-c2ccccc2OCC(F)(F)F)n1. The van der Waals surface area contributed by atoms with Crippen LogP contribution < -0.4 is 15.0 Å². The molecule has 196 valence electrons. The molecule has 37 heavy (non-hydrogen) atoms. The molecular formula is C24H19F5N2O6. The van der Waals surface area contributed by atoms with Crippen molar-refractivity contribution in [3.63, 3.8) is 0 Å². The van der Waals surface area contributed by atoms with Gasteiger partial charge in [0, 0.05) is 6.42 Å². The minimum atomic E-state index is -4.67. The molecule has 2 aromatic carbocycles. The monoisotopic (exact) mass is 526 g/mol. The smallest absolute Gasteiger partial charge is 0.422 e. The molecule has 0 saturated heterocycles. The van der Waals surface area contributed by atoms with Crippen LogP contribution in [0.5, 0.6) is 11.5 Å². The van der Waals surface area contributed by atoms with E-state index >= 15 is 0 Å². The van der Waals surface area contributed by atoms with Gasteiger partial charge in [0.25, 0.3) is 5.56 Å². The van der Waals surface area contributed by atoms with Crippen LogP contribution in [0, 0.1) is 0 Å². The molecule has 0 atom stereocenters. The number of benzene rings is 2. The number of carbonyl (C=O) groups is 2. The van der Waals surface area contributed by atoms with Crippen LogP contribution in [0.2, 0.25) is 0 Å². The fraction of sp³-hybridized carbons (Fsp3) is 0.250. The third-order valence-corrected chi connectivity index (χ3v) is 4.69. The third kappa shape index (κ3) is 7.35. The molecule has 0 saturated carbocycles. The lowest BCUT2D eigenvalue weighted by Crippen LogP contribution is -2.31. The summed E-state index contributed by atoms with van der Waals surface area (Å²) in [6, 6.07) is 11.2. The largest absolute Gasteiger partial charge is 0.482 e. The number of Topliss-reactive ketones (excluding diaryl/α,β-unsaturated/α-hetero) is 1. The third-order valence-electron chi connectivity index (χ3n) is 4.69. The molecule has 3 rings (SSSR count). The molecule has 13 heteroatoms. The van der Waals surface area contributed by atoms with Crippen molar-refractivity contribution in [2.75, 3.05) is 13.2 Å². The number of aromatic nitrogens is 2. The van der Waals surface area contributed by atoms with Crippen LogP contribution in [-0.2, 0) is 11.2 Å². The molecule has 0 fully saturated rings. The van der Waals surface area contributed by atoms with Crippen LogP contribution in [0.1, 0.15) is 33.3 Å². The predicted octanol–water partition coefficient (Wildman–Crippen LogP) is 4.38. The first kappa shape index (κ1) is 27.3. The van der Waals surface area contributed by atoms with E-state index < -0.39 is 48.0 Å². The Kier molecular flexibility index (Phi) is 8.58. The highest BCUT2D eigenvalue weighted by molar-refractivity contribution is 5.99. The highest BCUT2D eigenvalue weighted by Gasteiger charge is 2.29. The molecule has 0 aliphatic heterocycles. The van der Waals surface area contributed by atoms with E-state index in [-0.39, 0.29) is 30.2 Å². The van der Waals surface area contributed by atoms with Crippen molar-refractivity contribution >= 4 is 11.8 Å². The lowest BCUT2D eigenvalue weighted by molar-refractivity contribution is -0.153. The topological polar surface area (TPSA) is 96.7 Å². The minimum Gasteiger partial charge on any atom is -0.482 e. The molecule has 0 radical (unpaired) electrons. The number of ether oxygens (including phenoxy) is 3. The second-order valence-electron chi connectivity index (χ2n) is 7.37. The van der Waals surface area contributed by atoms with Gasteiger partial charge in [-0.3, -0.25) is 9.59 Å². The van der Waals surface area contributed by atoms with E-state index in [4.69, 9.17) is 9.47 Å². The number of ketones is 1. The molecule has 0 bridgehead atoms. The maximum atomic E-state index is 13.2. The zero-order chi connectivity index (χ0) is 27.2. The average molecular weight is 526 g/mol. The highest BCUT2D eigenvalue weighted by Crippen LogP contribution is 2.24. The number of para-hydroxylation sites is 2. The van der Waals surface area contributed by atoms with Gasteiger partial charge in [-0.05, 0) is 42.8 Å². The average Bonchev–Trinajstić information content (AvgIpc) is 2.83. The quantitative estimate of drug-likeness (QED) is 0.220. The summed E-state index contributed by atoms with van der Waals surface area (Å²) >= 11 is 0. The summed E-state index contributed by atoms with van der Waals surface area (Å²) in [5.74, 6) is -2.27. The van der Waals surface area contributed by atoms with Gasteiger partial charge in [-0.1, -0.05) is 24.3 Å². The molecule has 1 heterocycles. The van der Waals surface area contributed by atoms with Gasteiger partial charge in [0.1, 0.15) is 17.2 Å². The van der Waals surface area contributed by atoms with Crippen LogP contribution in [0.3, 0.4) is 0 Å². The molecular weight excluding hydrogens is 507 g/mol. The van der Waals surface area contributed by atoms with Gasteiger partial charge < -0.3 is 14.2 Å². The Morgan fingerprint density at radius 1 is 1.05 bits per heavy atom. The lowest BCUT2D eigenvalue weighted by atomic mass is 10.0. The van der Waals surface area contributed by atoms with Gasteiger partial charge in [0.2, 0.25) is 0 Å². The fourth-order valence-electron chi connectivity index (χ4n) is 3.15. The van der Waals surface area contributed by atoms with Gasteiger partial charge in [-0.15, -0.1) is 0 Å². The number of rotatable bonds is 10. The highest BCUT2D eigenvalue weighted by atomic mass is 19.4. The van der Waals surface area contributed by atoms with Crippen molar-refractivity contribution in [2.45, 2.75) is 26.1 Å². The van der Waals surface area contributed by atoms with Crippen LogP contribution in [0.15, 0.2) is 59.4 Å². The number of hydrogen-bond donors (Lipinski definition) is 0. The molecule has 8 nitrogen and oxygen atoms in total. The van der Waals surface area contributed by atoms with Crippen LogP contribution in [0.25, 0.3) is 5.69 Å². The molecule has 0 N–H and O–H groups in total. The van der Waals surface area contributed by atoms with Crippen molar-refractivity contribution in [1.82, 2.24) is 9.78 Å². The van der Waals surface area contributed by atoms with Gasteiger partial charge in [-0.25, -0.2) is 4.79 Å². The van der Waals surface area contributed by atoms with Crippen LogP contribution >= 0.6 is 0 Å². The summed E-state index contributed by atoms with van der Waals surface area (Å²) in [4.78, 5) is 38.6. The Balaban J connectivity index is 2.03. The molecule has 0 amide bonds. The first-order chi connectivity index (χ1) is 17.5. The second-order valence-corrected chi connectivity index (χ2v) is 7.37. The van der Waals surface area contributed by atoms with Crippen molar-refractivity contribution in [1.29, 1.82) is 0 Å². The summed E-state index contributed by atoms with van der Waals surface area (Å²) in [6.07, 6.45) is -5.04. The standard InChI is InChI=1S/C24H19F5N2O6/c1-2-35-22(34)17-12-16(19(32)11-14-7-9-15(10-8-14)37-23(25)26)21(33)31(30-17)18-5-3-4-6-20(18)36-13-24(27,28)29/h3-10,12,23H,2,11,13H2,1H3. The molecule has 3 aromatic rings. The Morgan fingerprint density at radius 2 is 1.73 bits per heavy atom. The van der Waals surface area contributed by atoms with E-state index in [0.29, 0.717) is 10.2 Å². The van der Waals surface area contributed by atoms with Gasteiger partial charge in [0.05, 0.1) is 12.2 Å². The molecule has 0 aliphatic carbocycles. The molecule has 0 aliphatic rings. The summed E-state index contributed by atoms with van der Waals surface area (Å²) < 4.78 is 77.4. The molecule has 0 unspecified atom stereocenters. The number of esters is 1. The Bertz CT molecular complexity index is 1320. The zero-order valence-corrected chi connectivity index (χ0v) is 19.1. The Labute approximate surface area is 206 Å². The maximum Gasteiger partial charge on any atom is 0.422 e. The number of halogens is 5. The predicted molar refractivity (Wildman–Crippen MR) is 118 cm³/mol. The van der Waals surface area contributed by atoms with Gasteiger partial charge >= 0.3 is 18.8 Å². The number of nitrogens with zero attached hydrogens (tertiary/aromatic N) is 2. The van der Waals surface area contributed by atoms with E-state index in [1.807, 2.05) is 0 Å². The fourth-order valence-corrected chi connectivity index (χ4v) is 3.15. The van der Waals surface area contributed by atoms with Crippen molar-refractivity contribution in [2.24, 2.45) is 0 Å². The van der Waals surface area contributed by atoms with E-state index in [1.54, 1.807) is 0 Å².